The van der Waals surface area contributed by atoms with E-state index in [1.54, 1.807) is 0 Å². The van der Waals surface area contributed by atoms with Gasteiger partial charge in [-0.2, -0.15) is 4.98 Å². The summed E-state index contributed by atoms with van der Waals surface area (Å²) in [6.45, 7) is 12.3. The van der Waals surface area contributed by atoms with E-state index in [1.807, 2.05) is 19.9 Å². The van der Waals surface area contributed by atoms with Crippen molar-refractivity contribution in [2.24, 2.45) is 5.41 Å². The van der Waals surface area contributed by atoms with E-state index >= 15 is 0 Å². The highest BCUT2D eigenvalue weighted by Crippen LogP contribution is 2.20. The maximum Gasteiger partial charge on any atom is 0.218 e. The largest absolute Gasteiger partial charge is 0.478 e. The fourth-order valence-electron chi connectivity index (χ4n) is 1.44. The van der Waals surface area contributed by atoms with Crippen LogP contribution < -0.4 is 10.1 Å². The second-order valence-electron chi connectivity index (χ2n) is 5.55. The van der Waals surface area contributed by atoms with Gasteiger partial charge in [0.05, 0.1) is 6.61 Å². The summed E-state index contributed by atoms with van der Waals surface area (Å²) in [7, 11) is 0. The Balaban J connectivity index is 2.66. The first kappa shape index (κ1) is 14.7. The normalized spacial score (nSPS) is 11.4. The maximum atomic E-state index is 5.72. The van der Waals surface area contributed by atoms with Crippen LogP contribution in [0, 0.1) is 5.41 Å². The fourth-order valence-corrected chi connectivity index (χ4v) is 1.44. The van der Waals surface area contributed by atoms with E-state index in [2.05, 4.69) is 36.1 Å². The van der Waals surface area contributed by atoms with Crippen LogP contribution in [-0.4, -0.2) is 23.1 Å². The molecule has 0 aromatic carbocycles. The van der Waals surface area contributed by atoms with Gasteiger partial charge in [-0.1, -0.05) is 27.7 Å². The Morgan fingerprint density at radius 3 is 2.50 bits per heavy atom. The van der Waals surface area contributed by atoms with Crippen molar-refractivity contribution in [3.05, 3.63) is 11.9 Å². The summed E-state index contributed by atoms with van der Waals surface area (Å²) >= 11 is 0. The van der Waals surface area contributed by atoms with Crippen molar-refractivity contribution in [3.8, 4) is 5.88 Å². The van der Waals surface area contributed by atoms with E-state index in [9.17, 15) is 0 Å². The summed E-state index contributed by atoms with van der Waals surface area (Å²) in [5.74, 6) is 2.33. The molecule has 0 amide bonds. The van der Waals surface area contributed by atoms with Gasteiger partial charge in [-0.05, 0) is 18.8 Å². The van der Waals surface area contributed by atoms with Gasteiger partial charge in [0.25, 0.3) is 0 Å². The molecule has 0 radical (unpaired) electrons. The number of aromatic nitrogens is 2. The molecule has 1 aromatic rings. The number of anilines is 1. The highest BCUT2D eigenvalue weighted by atomic mass is 16.5. The van der Waals surface area contributed by atoms with Gasteiger partial charge in [-0.25, -0.2) is 4.98 Å². The Morgan fingerprint density at radius 2 is 1.94 bits per heavy atom. The number of rotatable bonds is 6. The number of ether oxygens (including phenoxy) is 1. The molecule has 0 saturated carbocycles. The first-order valence-corrected chi connectivity index (χ1v) is 6.69. The molecule has 4 heteroatoms. The average molecular weight is 251 g/mol. The summed E-state index contributed by atoms with van der Waals surface area (Å²) < 4.78 is 5.72. The summed E-state index contributed by atoms with van der Waals surface area (Å²) in [6.07, 6.45) is 1.82. The van der Waals surface area contributed by atoms with Gasteiger partial charge in [0, 0.05) is 19.0 Å². The minimum atomic E-state index is 0.283. The highest BCUT2D eigenvalue weighted by Gasteiger charge is 2.11. The van der Waals surface area contributed by atoms with Crippen LogP contribution in [-0.2, 0) is 6.42 Å². The number of hydrogen-bond donors (Lipinski definition) is 1. The molecule has 1 rings (SSSR count). The Kier molecular flexibility index (Phi) is 5.38. The lowest BCUT2D eigenvalue weighted by molar-refractivity contribution is 0.235. The zero-order chi connectivity index (χ0) is 13.6. The molecule has 1 heterocycles. The molecule has 1 N–H and O–H groups in total. The van der Waals surface area contributed by atoms with Crippen molar-refractivity contribution in [2.45, 2.75) is 47.5 Å². The van der Waals surface area contributed by atoms with Gasteiger partial charge in [-0.3, -0.25) is 0 Å². The number of hydrogen-bond acceptors (Lipinski definition) is 4. The first-order chi connectivity index (χ1) is 8.44. The van der Waals surface area contributed by atoms with Gasteiger partial charge in [0.1, 0.15) is 11.6 Å². The smallest absolute Gasteiger partial charge is 0.218 e. The van der Waals surface area contributed by atoms with Crippen molar-refractivity contribution in [1.82, 2.24) is 9.97 Å². The average Bonchev–Trinajstić information content (AvgIpc) is 2.27. The van der Waals surface area contributed by atoms with Crippen LogP contribution in [0.1, 0.15) is 46.9 Å². The lowest BCUT2D eigenvalue weighted by Crippen LogP contribution is -2.12. The third-order valence-corrected chi connectivity index (χ3v) is 2.53. The Hall–Kier alpha value is -1.32. The van der Waals surface area contributed by atoms with E-state index in [0.29, 0.717) is 12.5 Å². The van der Waals surface area contributed by atoms with Crippen LogP contribution in [0.3, 0.4) is 0 Å². The number of nitrogens with one attached hydrogen (secondary N) is 1. The SMILES string of the molecule is CCNc1cc(OCCC(C)(C)C)nc(CC)n1. The van der Waals surface area contributed by atoms with Crippen molar-refractivity contribution >= 4 is 5.82 Å². The Labute approximate surface area is 110 Å². The molecule has 0 aliphatic heterocycles. The van der Waals surface area contributed by atoms with Crippen LogP contribution in [0.25, 0.3) is 0 Å². The number of aryl methyl sites for hydroxylation is 1. The predicted molar refractivity (Wildman–Crippen MR) is 75.1 cm³/mol. The topological polar surface area (TPSA) is 47.0 Å². The Morgan fingerprint density at radius 1 is 1.22 bits per heavy atom. The second-order valence-corrected chi connectivity index (χ2v) is 5.55. The van der Waals surface area contributed by atoms with Gasteiger partial charge in [0.2, 0.25) is 5.88 Å². The zero-order valence-electron chi connectivity index (χ0n) is 12.2. The van der Waals surface area contributed by atoms with Crippen molar-refractivity contribution < 1.29 is 4.74 Å². The quantitative estimate of drug-likeness (QED) is 0.842. The monoisotopic (exact) mass is 251 g/mol. The minimum Gasteiger partial charge on any atom is -0.478 e. The molecule has 0 fully saturated rings. The standard InChI is InChI=1S/C14H25N3O/c1-6-11-16-12(15-7-2)10-13(17-11)18-9-8-14(3,4)5/h10H,6-9H2,1-5H3,(H,15,16,17). The molecule has 0 aliphatic carbocycles. The molecule has 0 spiro atoms. The van der Waals surface area contributed by atoms with Crippen LogP contribution in [0.15, 0.2) is 6.07 Å². The van der Waals surface area contributed by atoms with Gasteiger partial charge in [0.15, 0.2) is 0 Å². The fraction of sp³-hybridized carbons (Fsp3) is 0.714. The molecular formula is C14H25N3O. The molecule has 0 unspecified atom stereocenters. The lowest BCUT2D eigenvalue weighted by atomic mass is 9.93. The van der Waals surface area contributed by atoms with Gasteiger partial charge < -0.3 is 10.1 Å². The van der Waals surface area contributed by atoms with E-state index in [0.717, 1.165) is 31.0 Å². The van der Waals surface area contributed by atoms with Gasteiger partial charge in [-0.15, -0.1) is 0 Å². The second kappa shape index (κ2) is 6.57. The molecule has 18 heavy (non-hydrogen) atoms. The molecule has 0 bridgehead atoms. The molecule has 0 saturated heterocycles. The molecule has 0 aliphatic rings. The van der Waals surface area contributed by atoms with E-state index in [-0.39, 0.29) is 5.41 Å². The van der Waals surface area contributed by atoms with Crippen LogP contribution in [0.2, 0.25) is 0 Å². The van der Waals surface area contributed by atoms with E-state index in [1.165, 1.54) is 0 Å². The molecule has 1 aromatic heterocycles. The highest BCUT2D eigenvalue weighted by molar-refractivity contribution is 5.38. The van der Waals surface area contributed by atoms with Gasteiger partial charge >= 0.3 is 0 Å². The summed E-state index contributed by atoms with van der Waals surface area (Å²) in [6, 6.07) is 1.87. The molecule has 0 atom stereocenters. The van der Waals surface area contributed by atoms with Crippen molar-refractivity contribution in [2.75, 3.05) is 18.5 Å². The maximum absolute atomic E-state index is 5.72. The Bertz CT molecular complexity index is 372. The molecule has 102 valence electrons. The van der Waals surface area contributed by atoms with Crippen molar-refractivity contribution in [3.63, 3.8) is 0 Å². The summed E-state index contributed by atoms with van der Waals surface area (Å²) in [5, 5.41) is 3.20. The third kappa shape index (κ3) is 5.34. The van der Waals surface area contributed by atoms with Crippen LogP contribution in [0.4, 0.5) is 5.82 Å². The third-order valence-electron chi connectivity index (χ3n) is 2.53. The first-order valence-electron chi connectivity index (χ1n) is 6.69. The van der Waals surface area contributed by atoms with E-state index in [4.69, 9.17) is 4.74 Å². The van der Waals surface area contributed by atoms with E-state index < -0.39 is 0 Å². The summed E-state index contributed by atoms with van der Waals surface area (Å²) in [4.78, 5) is 8.78. The minimum absolute atomic E-state index is 0.283. The molecular weight excluding hydrogens is 226 g/mol. The molecule has 4 nitrogen and oxygen atoms in total. The predicted octanol–water partition coefficient (Wildman–Crippen LogP) is 3.29. The zero-order valence-corrected chi connectivity index (χ0v) is 12.2. The lowest BCUT2D eigenvalue weighted by Gasteiger charge is -2.18. The summed E-state index contributed by atoms with van der Waals surface area (Å²) in [5.41, 5.74) is 0.283. The van der Waals surface area contributed by atoms with Crippen LogP contribution >= 0.6 is 0 Å². The van der Waals surface area contributed by atoms with Crippen molar-refractivity contribution in [1.29, 1.82) is 0 Å². The number of nitrogens with zero attached hydrogens (tertiary/aromatic N) is 2. The van der Waals surface area contributed by atoms with Crippen LogP contribution in [0.5, 0.6) is 5.88 Å².